The molecule has 3 aromatic rings. The van der Waals surface area contributed by atoms with Gasteiger partial charge in [0.05, 0.1) is 17.3 Å². The summed E-state index contributed by atoms with van der Waals surface area (Å²) in [7, 11) is 0. The van der Waals surface area contributed by atoms with Crippen molar-refractivity contribution < 1.29 is 18.4 Å². The average Bonchev–Trinajstić information content (AvgIpc) is 3.18. The highest BCUT2D eigenvalue weighted by atomic mass is 19.1. The van der Waals surface area contributed by atoms with E-state index in [9.17, 15) is 4.79 Å². The average molecular weight is 481 g/mol. The minimum absolute atomic E-state index is 0.140. The lowest BCUT2D eigenvalue weighted by atomic mass is 9.90. The van der Waals surface area contributed by atoms with Crippen LogP contribution in [0.4, 0.5) is 4.39 Å². The summed E-state index contributed by atoms with van der Waals surface area (Å²) >= 11 is 0. The van der Waals surface area contributed by atoms with Crippen LogP contribution in [0.1, 0.15) is 85.4 Å². The second-order valence-electron chi connectivity index (χ2n) is 11.1. The number of imidazole rings is 1. The quantitative estimate of drug-likeness (QED) is 0.508. The molecule has 186 valence electrons. The van der Waals surface area contributed by atoms with E-state index in [1.54, 1.807) is 6.92 Å². The molecule has 35 heavy (non-hydrogen) atoms. The van der Waals surface area contributed by atoms with Gasteiger partial charge in [-0.2, -0.15) is 0 Å². The molecule has 3 fully saturated rings. The van der Waals surface area contributed by atoms with Crippen molar-refractivity contribution in [2.75, 3.05) is 13.2 Å². The van der Waals surface area contributed by atoms with E-state index < -0.39 is 0 Å². The smallest absolute Gasteiger partial charge is 0.257 e. The van der Waals surface area contributed by atoms with Gasteiger partial charge in [-0.25, -0.2) is 9.37 Å². The first kappa shape index (κ1) is 22.7. The molecule has 1 aromatic carbocycles. The number of fused-ring (bicyclic) bond motifs is 2. The van der Waals surface area contributed by atoms with E-state index in [0.29, 0.717) is 64.6 Å². The number of carbonyl (C=O) groups excluding carboxylic acids is 1. The second kappa shape index (κ2) is 8.43. The standard InChI is InChI=1S/C27H33FN4O3/c1-14-4-6-19-20(12-14)27(19,3)24(31-26(33)18-13-35-32-15(18)2)25-29-21-7-5-17(22(28)23(21)30-25)16-8-10-34-11-9-16/h5,7,13-14,16,19-20,24H,4,6,8-12H2,1-3H3,(H,29,30)(H,31,33). The van der Waals surface area contributed by atoms with Gasteiger partial charge < -0.3 is 19.6 Å². The number of aryl methyl sites for hydroxylation is 1. The Morgan fingerprint density at radius 2 is 2.03 bits per heavy atom. The summed E-state index contributed by atoms with van der Waals surface area (Å²) in [4.78, 5) is 21.4. The number of H-pyrrole nitrogens is 1. The molecule has 2 aromatic heterocycles. The highest BCUT2D eigenvalue weighted by Gasteiger charge is 2.66. The third kappa shape index (κ3) is 3.68. The van der Waals surface area contributed by atoms with E-state index in [1.807, 2.05) is 12.1 Å². The number of benzene rings is 1. The Hall–Kier alpha value is -2.74. The maximum atomic E-state index is 15.7. The van der Waals surface area contributed by atoms with Gasteiger partial charge in [0.15, 0.2) is 5.82 Å². The number of aromatic nitrogens is 3. The molecule has 2 N–H and O–H groups in total. The van der Waals surface area contributed by atoms with Gasteiger partial charge in [-0.15, -0.1) is 0 Å². The maximum Gasteiger partial charge on any atom is 0.257 e. The van der Waals surface area contributed by atoms with Gasteiger partial charge in [-0.1, -0.05) is 31.5 Å². The van der Waals surface area contributed by atoms with Gasteiger partial charge in [0.2, 0.25) is 0 Å². The number of rotatable bonds is 5. The zero-order chi connectivity index (χ0) is 24.3. The number of ether oxygens (including phenoxy) is 1. The molecule has 5 unspecified atom stereocenters. The molecule has 3 aliphatic rings. The van der Waals surface area contributed by atoms with Crippen LogP contribution in [0.2, 0.25) is 0 Å². The van der Waals surface area contributed by atoms with Crippen molar-refractivity contribution in [3.63, 3.8) is 0 Å². The summed E-state index contributed by atoms with van der Waals surface area (Å²) < 4.78 is 26.2. The zero-order valence-electron chi connectivity index (χ0n) is 20.6. The normalized spacial score (nSPS) is 29.7. The summed E-state index contributed by atoms with van der Waals surface area (Å²) in [6.45, 7) is 7.62. The summed E-state index contributed by atoms with van der Waals surface area (Å²) in [5, 5.41) is 7.10. The number of amides is 1. The van der Waals surface area contributed by atoms with Crippen LogP contribution in [0.5, 0.6) is 0 Å². The fourth-order valence-electron chi connectivity index (χ4n) is 6.87. The fraction of sp³-hybridized carbons (Fsp3) is 0.593. The molecule has 2 aliphatic carbocycles. The first-order valence-electron chi connectivity index (χ1n) is 12.9. The third-order valence-corrected chi connectivity index (χ3v) is 9.07. The molecule has 2 saturated carbocycles. The van der Waals surface area contributed by atoms with E-state index in [2.05, 4.69) is 29.3 Å². The van der Waals surface area contributed by atoms with Crippen molar-refractivity contribution in [1.82, 2.24) is 20.4 Å². The third-order valence-electron chi connectivity index (χ3n) is 9.07. The molecule has 1 aliphatic heterocycles. The van der Waals surface area contributed by atoms with Crippen molar-refractivity contribution in [2.24, 2.45) is 23.2 Å². The van der Waals surface area contributed by atoms with Gasteiger partial charge in [-0.05, 0) is 67.9 Å². The first-order valence-corrected chi connectivity index (χ1v) is 12.9. The van der Waals surface area contributed by atoms with Crippen molar-refractivity contribution in [3.8, 4) is 0 Å². The number of hydrogen-bond acceptors (Lipinski definition) is 5. The van der Waals surface area contributed by atoms with Crippen molar-refractivity contribution >= 4 is 16.9 Å². The summed E-state index contributed by atoms with van der Waals surface area (Å²) in [5.74, 6) is 1.96. The zero-order valence-corrected chi connectivity index (χ0v) is 20.6. The molecule has 6 rings (SSSR count). The van der Waals surface area contributed by atoms with Gasteiger partial charge >= 0.3 is 0 Å². The number of hydrogen-bond donors (Lipinski definition) is 2. The number of halogens is 1. The van der Waals surface area contributed by atoms with Gasteiger partial charge in [0.25, 0.3) is 5.91 Å². The van der Waals surface area contributed by atoms with E-state index in [4.69, 9.17) is 14.2 Å². The molecular weight excluding hydrogens is 447 g/mol. The molecule has 7 nitrogen and oxygen atoms in total. The highest BCUT2D eigenvalue weighted by Crippen LogP contribution is 2.70. The van der Waals surface area contributed by atoms with Crippen LogP contribution in [0.3, 0.4) is 0 Å². The Morgan fingerprint density at radius 3 is 2.74 bits per heavy atom. The van der Waals surface area contributed by atoms with Gasteiger partial charge in [0.1, 0.15) is 23.2 Å². The molecule has 1 amide bonds. The largest absolute Gasteiger partial charge is 0.381 e. The number of nitrogens with zero attached hydrogens (tertiary/aromatic N) is 2. The highest BCUT2D eigenvalue weighted by molar-refractivity contribution is 5.95. The Bertz CT molecular complexity index is 1260. The predicted octanol–water partition coefficient (Wildman–Crippen LogP) is 5.44. The molecular formula is C27H33FN4O3. The summed E-state index contributed by atoms with van der Waals surface area (Å²) in [5.41, 5.74) is 2.54. The Kier molecular flexibility index (Phi) is 5.47. The van der Waals surface area contributed by atoms with Gasteiger partial charge in [0, 0.05) is 18.6 Å². The van der Waals surface area contributed by atoms with Crippen LogP contribution < -0.4 is 5.32 Å². The van der Waals surface area contributed by atoms with E-state index in [1.165, 1.54) is 12.7 Å². The van der Waals surface area contributed by atoms with Crippen LogP contribution in [0, 0.1) is 35.9 Å². The van der Waals surface area contributed by atoms with Crippen molar-refractivity contribution in [2.45, 2.75) is 64.8 Å². The van der Waals surface area contributed by atoms with E-state index in [0.717, 1.165) is 25.7 Å². The second-order valence-corrected chi connectivity index (χ2v) is 11.1. The molecule has 0 spiro atoms. The van der Waals surface area contributed by atoms with Crippen LogP contribution >= 0.6 is 0 Å². The van der Waals surface area contributed by atoms with Crippen molar-refractivity contribution in [3.05, 3.63) is 46.9 Å². The number of aromatic amines is 1. The molecule has 0 radical (unpaired) electrons. The monoisotopic (exact) mass is 480 g/mol. The molecule has 3 heterocycles. The Balaban J connectivity index is 1.38. The topological polar surface area (TPSA) is 93.0 Å². The van der Waals surface area contributed by atoms with Crippen LogP contribution in [0.15, 0.2) is 22.9 Å². The molecule has 1 saturated heterocycles. The number of carbonyl (C=O) groups is 1. The lowest BCUT2D eigenvalue weighted by Gasteiger charge is -2.25. The lowest BCUT2D eigenvalue weighted by Crippen LogP contribution is -2.35. The van der Waals surface area contributed by atoms with Crippen LogP contribution in [-0.2, 0) is 4.74 Å². The Morgan fingerprint density at radius 1 is 1.23 bits per heavy atom. The SMILES string of the molecule is Cc1nocc1C(=O)NC(c1nc2c(F)c(C3CCOCC3)ccc2[nH]1)C1(C)C2CCC(C)CC21. The number of nitrogens with one attached hydrogen (secondary N) is 2. The van der Waals surface area contributed by atoms with Crippen LogP contribution in [-0.4, -0.2) is 34.2 Å². The maximum absolute atomic E-state index is 15.7. The Labute approximate surface area is 204 Å². The lowest BCUT2D eigenvalue weighted by molar-refractivity contribution is 0.0846. The summed E-state index contributed by atoms with van der Waals surface area (Å²) in [6, 6.07) is 3.44. The first-order chi connectivity index (χ1) is 16.9. The van der Waals surface area contributed by atoms with Crippen molar-refractivity contribution in [1.29, 1.82) is 0 Å². The minimum Gasteiger partial charge on any atom is -0.381 e. The van der Waals surface area contributed by atoms with E-state index >= 15 is 4.39 Å². The molecule has 0 bridgehead atoms. The predicted molar refractivity (Wildman–Crippen MR) is 128 cm³/mol. The van der Waals surface area contributed by atoms with Gasteiger partial charge in [-0.3, -0.25) is 4.79 Å². The van der Waals surface area contributed by atoms with E-state index in [-0.39, 0.29) is 29.1 Å². The molecule has 8 heteroatoms. The summed E-state index contributed by atoms with van der Waals surface area (Å²) in [6.07, 6.45) is 6.49. The molecule has 5 atom stereocenters. The van der Waals surface area contributed by atoms with Crippen LogP contribution in [0.25, 0.3) is 11.0 Å². The fourth-order valence-corrected chi connectivity index (χ4v) is 6.87. The minimum atomic E-state index is -0.358.